The largest absolute Gasteiger partial charge is 0.474 e. The van der Waals surface area contributed by atoms with E-state index in [9.17, 15) is 4.57 Å². The molecule has 0 spiro atoms. The summed E-state index contributed by atoms with van der Waals surface area (Å²) in [7, 11) is -3.42. The summed E-state index contributed by atoms with van der Waals surface area (Å²) in [5.41, 5.74) is 0. The molecule has 0 aromatic carbocycles. The highest BCUT2D eigenvalue weighted by Gasteiger charge is 2.25. The van der Waals surface area contributed by atoms with Crippen LogP contribution in [0.1, 0.15) is 34.1 Å². The molecule has 7 heteroatoms. The second-order valence-corrected chi connectivity index (χ2v) is 4.91. The lowest BCUT2D eigenvalue weighted by Gasteiger charge is -2.19. The lowest BCUT2D eigenvalue weighted by atomic mass is 10.4. The first-order valence-electron chi connectivity index (χ1n) is 6.38. The van der Waals surface area contributed by atoms with E-state index in [2.05, 4.69) is 0 Å². The lowest BCUT2D eigenvalue weighted by molar-refractivity contribution is -0.143. The fourth-order valence-corrected chi connectivity index (χ4v) is 2.46. The molecule has 0 heterocycles. The normalized spacial score (nSPS) is 12.3. The Morgan fingerprint density at radius 2 is 1.33 bits per heavy atom. The van der Waals surface area contributed by atoms with Gasteiger partial charge in [-0.15, -0.1) is 0 Å². The van der Waals surface area contributed by atoms with Gasteiger partial charge in [-0.2, -0.15) is 0 Å². The Hall–Kier alpha value is 0.0300. The van der Waals surface area contributed by atoms with E-state index in [1.165, 1.54) is 0 Å². The van der Waals surface area contributed by atoms with Crippen molar-refractivity contribution in [3.63, 3.8) is 0 Å². The number of phosphoric acid groups is 1. The van der Waals surface area contributed by atoms with Crippen molar-refractivity contribution in [1.82, 2.24) is 0 Å². The highest BCUT2D eigenvalue weighted by atomic mass is 31.2. The van der Waals surface area contributed by atoms with Gasteiger partial charge in [-0.1, -0.05) is 0 Å². The predicted octanol–water partition coefficient (Wildman–Crippen LogP) is 2.97. The van der Waals surface area contributed by atoms with Gasteiger partial charge in [0.1, 0.15) is 0 Å². The van der Waals surface area contributed by atoms with Gasteiger partial charge in [0.2, 0.25) is 0 Å². The highest BCUT2D eigenvalue weighted by molar-refractivity contribution is 7.48. The molecule has 0 saturated carbocycles. The molecule has 0 aromatic rings. The average Bonchev–Trinajstić information content (AvgIpc) is 2.30. The first-order chi connectivity index (χ1) is 8.61. The minimum Gasteiger partial charge on any atom is -0.353 e. The van der Waals surface area contributed by atoms with Crippen LogP contribution in [-0.4, -0.2) is 39.3 Å². The van der Waals surface area contributed by atoms with Gasteiger partial charge in [-0.05, 0) is 27.7 Å². The van der Waals surface area contributed by atoms with Crippen molar-refractivity contribution in [3.05, 3.63) is 0 Å². The van der Waals surface area contributed by atoms with E-state index in [-0.39, 0.29) is 26.1 Å². The third kappa shape index (κ3) is 8.19. The van der Waals surface area contributed by atoms with Gasteiger partial charge >= 0.3 is 7.82 Å². The highest BCUT2D eigenvalue weighted by Crippen LogP contribution is 2.49. The van der Waals surface area contributed by atoms with Gasteiger partial charge in [0, 0.05) is 19.6 Å². The van der Waals surface area contributed by atoms with E-state index in [4.69, 9.17) is 23.0 Å². The van der Waals surface area contributed by atoms with E-state index in [0.717, 1.165) is 0 Å². The summed E-state index contributed by atoms with van der Waals surface area (Å²) in [4.78, 5) is 0. The maximum Gasteiger partial charge on any atom is 0.474 e. The van der Waals surface area contributed by atoms with Crippen LogP contribution in [0.3, 0.4) is 0 Å². The maximum absolute atomic E-state index is 12.0. The quantitative estimate of drug-likeness (QED) is 0.405. The molecule has 0 aliphatic rings. The monoisotopic (exact) mass is 284 g/mol. The van der Waals surface area contributed by atoms with E-state index >= 15 is 0 Å². The molecule has 6 nitrogen and oxygen atoms in total. The first-order valence-corrected chi connectivity index (χ1v) is 7.84. The van der Waals surface area contributed by atoms with Crippen LogP contribution in [0, 0.1) is 0 Å². The molecule has 0 unspecified atom stereocenters. The lowest BCUT2D eigenvalue weighted by Crippen LogP contribution is -2.19. The van der Waals surface area contributed by atoms with Crippen LogP contribution in [0.25, 0.3) is 0 Å². The number of phosphoric ester groups is 1. The van der Waals surface area contributed by atoms with E-state index in [0.29, 0.717) is 19.6 Å². The van der Waals surface area contributed by atoms with Crippen LogP contribution in [0.2, 0.25) is 0 Å². The number of hydrogen-bond acceptors (Lipinski definition) is 6. The van der Waals surface area contributed by atoms with Gasteiger partial charge < -0.3 is 9.47 Å². The second-order valence-electron chi connectivity index (χ2n) is 3.24. The molecular formula is C11H25O6P. The van der Waals surface area contributed by atoms with Crippen molar-refractivity contribution in [1.29, 1.82) is 0 Å². The molecule has 110 valence electrons. The molecule has 0 rings (SSSR count). The fraction of sp³-hybridized carbons (Fsp3) is 1.00. The third-order valence-electron chi connectivity index (χ3n) is 1.88. The van der Waals surface area contributed by atoms with Crippen molar-refractivity contribution in [3.8, 4) is 0 Å². The van der Waals surface area contributed by atoms with E-state index in [1.54, 1.807) is 13.8 Å². The van der Waals surface area contributed by atoms with Crippen LogP contribution in [0.5, 0.6) is 0 Å². The molecule has 0 aliphatic heterocycles. The van der Waals surface area contributed by atoms with Gasteiger partial charge in [-0.25, -0.2) is 4.57 Å². The predicted molar refractivity (Wildman–Crippen MR) is 68.5 cm³/mol. The number of rotatable bonds is 12. The second kappa shape index (κ2) is 10.9. The van der Waals surface area contributed by atoms with E-state index < -0.39 is 7.82 Å². The molecule has 18 heavy (non-hydrogen) atoms. The van der Waals surface area contributed by atoms with E-state index in [1.807, 2.05) is 13.8 Å². The first kappa shape index (κ1) is 18.0. The topological polar surface area (TPSA) is 63.2 Å². The molecule has 0 amide bonds. The Labute approximate surface area is 110 Å². The Balaban J connectivity index is 4.06. The smallest absolute Gasteiger partial charge is 0.353 e. The molecule has 0 aromatic heterocycles. The fourth-order valence-electron chi connectivity index (χ4n) is 1.28. The minimum absolute atomic E-state index is 0.196. The molecular weight excluding hydrogens is 259 g/mol. The Morgan fingerprint density at radius 3 is 1.72 bits per heavy atom. The molecule has 0 bridgehead atoms. The Morgan fingerprint density at radius 1 is 0.833 bits per heavy atom. The van der Waals surface area contributed by atoms with Gasteiger partial charge in [0.25, 0.3) is 0 Å². The summed E-state index contributed by atoms with van der Waals surface area (Å²) < 4.78 is 37.8. The molecule has 0 saturated heterocycles. The van der Waals surface area contributed by atoms with Crippen LogP contribution >= 0.6 is 7.82 Å². The molecule has 0 fully saturated rings. The van der Waals surface area contributed by atoms with Gasteiger partial charge in [0.15, 0.2) is 6.29 Å². The standard InChI is InChI=1S/C11H25O6P/c1-5-13-11(14-6-2)9-10-17-18(12,15-7-3)16-8-4/h11H,5-10H2,1-4H3. The zero-order valence-corrected chi connectivity index (χ0v) is 12.6. The minimum atomic E-state index is -3.42. The third-order valence-corrected chi connectivity index (χ3v) is 3.53. The van der Waals surface area contributed by atoms with Gasteiger partial charge in [0.05, 0.1) is 19.8 Å². The summed E-state index contributed by atoms with van der Waals surface area (Å²) in [5, 5.41) is 0. The van der Waals surface area contributed by atoms with Crippen molar-refractivity contribution >= 4 is 7.82 Å². The summed E-state index contributed by atoms with van der Waals surface area (Å²) in [6, 6.07) is 0. The average molecular weight is 284 g/mol. The van der Waals surface area contributed by atoms with Crippen molar-refractivity contribution in [2.24, 2.45) is 0 Å². The van der Waals surface area contributed by atoms with Crippen LogP contribution < -0.4 is 0 Å². The molecule has 0 radical (unpaired) electrons. The van der Waals surface area contributed by atoms with Crippen molar-refractivity contribution < 1.29 is 27.6 Å². The summed E-state index contributed by atoms with van der Waals surface area (Å²) in [6.45, 7) is 9.10. The zero-order valence-electron chi connectivity index (χ0n) is 11.7. The maximum atomic E-state index is 12.0. The summed E-state index contributed by atoms with van der Waals surface area (Å²) in [6.07, 6.45) is 0.128. The molecule has 0 atom stereocenters. The van der Waals surface area contributed by atoms with Crippen LogP contribution in [0.15, 0.2) is 0 Å². The van der Waals surface area contributed by atoms with Crippen molar-refractivity contribution in [2.45, 2.75) is 40.4 Å². The van der Waals surface area contributed by atoms with Crippen LogP contribution in [0.4, 0.5) is 0 Å². The molecule has 0 aliphatic carbocycles. The Kier molecular flexibility index (Phi) is 10.9. The van der Waals surface area contributed by atoms with Crippen LogP contribution in [-0.2, 0) is 27.6 Å². The zero-order chi connectivity index (χ0) is 13.9. The molecule has 0 N–H and O–H groups in total. The summed E-state index contributed by atoms with van der Waals surface area (Å²) >= 11 is 0. The summed E-state index contributed by atoms with van der Waals surface area (Å²) in [5.74, 6) is 0. The number of ether oxygens (including phenoxy) is 2. The Bertz CT molecular complexity index is 220. The SMILES string of the molecule is CCOC(CCOP(=O)(OCC)OCC)OCC. The van der Waals surface area contributed by atoms with Crippen molar-refractivity contribution in [2.75, 3.05) is 33.0 Å². The number of hydrogen-bond donors (Lipinski definition) is 0. The van der Waals surface area contributed by atoms with Gasteiger partial charge in [-0.3, -0.25) is 13.6 Å².